The number of esters is 1. The lowest BCUT2D eigenvalue weighted by molar-refractivity contribution is -0.146. The fourth-order valence-corrected chi connectivity index (χ4v) is 9.08. The van der Waals surface area contributed by atoms with Crippen LogP contribution in [0.5, 0.6) is 11.5 Å². The van der Waals surface area contributed by atoms with Gasteiger partial charge in [0.15, 0.2) is 17.3 Å². The lowest BCUT2D eigenvalue weighted by atomic mass is 9.89. The van der Waals surface area contributed by atoms with Gasteiger partial charge in [0.2, 0.25) is 23.6 Å². The van der Waals surface area contributed by atoms with Crippen molar-refractivity contribution >= 4 is 97.9 Å². The third-order valence-electron chi connectivity index (χ3n) is 12.5. The third kappa shape index (κ3) is 19.0. The minimum Gasteiger partial charge on any atom is -0.496 e. The number of aromatic amines is 2. The van der Waals surface area contributed by atoms with E-state index in [1.807, 2.05) is 64.1 Å². The van der Waals surface area contributed by atoms with E-state index in [9.17, 15) is 43.2 Å². The first-order valence-corrected chi connectivity index (χ1v) is 25.3. The maximum atomic E-state index is 13.2. The zero-order valence-corrected chi connectivity index (χ0v) is 43.8. The summed E-state index contributed by atoms with van der Waals surface area (Å²) in [7, 11) is 4.38. The summed E-state index contributed by atoms with van der Waals surface area (Å²) in [5.41, 5.74) is 2.34. The molecule has 21 heteroatoms. The number of halogens is 2. The van der Waals surface area contributed by atoms with Gasteiger partial charge < -0.3 is 50.6 Å². The molecule has 0 bridgehead atoms. The van der Waals surface area contributed by atoms with Gasteiger partial charge in [-0.05, 0) is 86.8 Å². The van der Waals surface area contributed by atoms with Crippen molar-refractivity contribution in [2.24, 2.45) is 35.5 Å². The van der Waals surface area contributed by atoms with Gasteiger partial charge in [0.25, 0.3) is 0 Å². The standard InChI is InChI=1S/C25H32ClN3O5.C25H33N3O6.C2H3ClO2.2CH4/c1-14(2)9-16(11-21(30)20-12-17-18(28-20)5-4-6-23(17)34-3)25(33)29-19(22(31)13-26)10-15-7-8-27-24(15)32;1-14(2)10-16(12-21(29)19-13-17-18(27-19)6-5-7-22(17)33-3)24(31)28-20(25(32)34-4)11-15-8-9-26-23(15)30;3-1-2(4)5;;/h4-6,12,14-16,19,28H,7-11,13H2,1-3H3,(H,27,32)(H,29,33);5-7,13-16,20,27H,8-12H2,1-4H3,(H,26,30)(H,28,31);1H2,(H,4,5);2*1H4/t15-,16+,19-;15-,16+,20-;;;/m00.../s1. The van der Waals surface area contributed by atoms with E-state index in [-0.39, 0.29) is 111 Å². The lowest BCUT2D eigenvalue weighted by Gasteiger charge is -2.23. The van der Waals surface area contributed by atoms with Gasteiger partial charge in [-0.15, -0.1) is 23.2 Å². The number of rotatable bonds is 24. The summed E-state index contributed by atoms with van der Waals surface area (Å²) >= 11 is 10.5. The van der Waals surface area contributed by atoms with Gasteiger partial charge in [-0.2, -0.15) is 0 Å². The predicted octanol–water partition coefficient (Wildman–Crippen LogP) is 7.41. The van der Waals surface area contributed by atoms with Crippen LogP contribution in [-0.4, -0.2) is 126 Å². The summed E-state index contributed by atoms with van der Waals surface area (Å²) < 4.78 is 15.6. The number of ether oxygens (including phenoxy) is 3. The second-order valence-corrected chi connectivity index (χ2v) is 19.4. The van der Waals surface area contributed by atoms with Crippen LogP contribution in [0.25, 0.3) is 21.8 Å². The fraction of sp³-hybridized carbons (Fsp3) is 0.537. The molecule has 0 unspecified atom stereocenters. The Bertz CT molecular complexity index is 2430. The number of carbonyl (C=O) groups is 9. The number of H-pyrrole nitrogens is 2. The molecule has 19 nitrogen and oxygen atoms in total. The molecule has 0 aliphatic carbocycles. The second-order valence-electron chi connectivity index (χ2n) is 18.9. The number of fused-ring (bicyclic) bond motifs is 2. The number of hydrogen-bond donors (Lipinski definition) is 7. The molecule has 2 saturated heterocycles. The molecule has 2 aromatic carbocycles. The van der Waals surface area contributed by atoms with Crippen LogP contribution in [0.4, 0.5) is 0 Å². The van der Waals surface area contributed by atoms with E-state index in [1.54, 1.807) is 26.4 Å². The monoisotopic (exact) mass is 1090 g/mol. The summed E-state index contributed by atoms with van der Waals surface area (Å²) in [6.45, 7) is 8.99. The van der Waals surface area contributed by atoms with Crippen molar-refractivity contribution in [3.8, 4) is 11.5 Å². The Labute approximate surface area is 449 Å². The summed E-state index contributed by atoms with van der Waals surface area (Å²) in [6.07, 6.45) is 2.49. The normalized spacial score (nSPS) is 16.3. The van der Waals surface area contributed by atoms with Crippen LogP contribution < -0.4 is 30.7 Å². The average molecular weight is 1090 g/mol. The largest absolute Gasteiger partial charge is 0.496 e. The van der Waals surface area contributed by atoms with Gasteiger partial charge in [0.1, 0.15) is 23.4 Å². The van der Waals surface area contributed by atoms with Crippen molar-refractivity contribution < 1.29 is 62.5 Å². The van der Waals surface area contributed by atoms with E-state index >= 15 is 0 Å². The summed E-state index contributed by atoms with van der Waals surface area (Å²) in [5.74, 6) is -4.26. The first kappa shape index (κ1) is 64.6. The molecule has 6 atom stereocenters. The van der Waals surface area contributed by atoms with Crippen LogP contribution in [0.1, 0.15) is 115 Å². The van der Waals surface area contributed by atoms with Crippen molar-refractivity contribution in [1.29, 1.82) is 0 Å². The van der Waals surface area contributed by atoms with Gasteiger partial charge in [-0.25, -0.2) is 4.79 Å². The van der Waals surface area contributed by atoms with Gasteiger partial charge in [0.05, 0.1) is 44.6 Å². The predicted molar refractivity (Wildman–Crippen MR) is 288 cm³/mol. The highest BCUT2D eigenvalue weighted by atomic mass is 35.5. The van der Waals surface area contributed by atoms with Crippen molar-refractivity contribution in [3.63, 3.8) is 0 Å². The molecule has 6 rings (SSSR count). The van der Waals surface area contributed by atoms with Crippen molar-refractivity contribution in [1.82, 2.24) is 31.2 Å². The first-order chi connectivity index (χ1) is 34.7. The molecule has 414 valence electrons. The number of methoxy groups -OCH3 is 3. The number of carboxylic acid groups (broad SMARTS) is 1. The maximum absolute atomic E-state index is 13.2. The smallest absolute Gasteiger partial charge is 0.328 e. The van der Waals surface area contributed by atoms with Crippen molar-refractivity contribution in [2.45, 2.75) is 106 Å². The van der Waals surface area contributed by atoms with Crippen LogP contribution in [-0.2, 0) is 38.3 Å². The van der Waals surface area contributed by atoms with Gasteiger partial charge >= 0.3 is 11.9 Å². The number of carboxylic acids is 1. The van der Waals surface area contributed by atoms with E-state index in [2.05, 4.69) is 31.2 Å². The van der Waals surface area contributed by atoms with Crippen LogP contribution in [0.15, 0.2) is 48.5 Å². The minimum atomic E-state index is -0.980. The Morgan fingerprint density at radius 3 is 1.39 bits per heavy atom. The van der Waals surface area contributed by atoms with E-state index in [0.29, 0.717) is 61.7 Å². The number of nitrogens with one attached hydrogen (secondary N) is 6. The third-order valence-corrected chi connectivity index (χ3v) is 13.0. The Kier molecular flexibility index (Phi) is 27.1. The molecule has 0 radical (unpaired) electrons. The molecule has 2 aromatic heterocycles. The number of alkyl halides is 2. The topological polar surface area (TPSA) is 281 Å². The van der Waals surface area contributed by atoms with Crippen molar-refractivity contribution in [2.75, 3.05) is 46.2 Å². The summed E-state index contributed by atoms with van der Waals surface area (Å²) in [5, 5.41) is 20.2. The average Bonchev–Trinajstić information content (AvgIpc) is 4.19. The van der Waals surface area contributed by atoms with Crippen molar-refractivity contribution in [3.05, 3.63) is 59.9 Å². The molecular formula is C54H76Cl2N6O13. The molecule has 2 fully saturated rings. The molecule has 4 heterocycles. The minimum absolute atomic E-state index is 0. The number of aliphatic carboxylic acids is 1. The highest BCUT2D eigenvalue weighted by Gasteiger charge is 2.36. The van der Waals surface area contributed by atoms with Gasteiger partial charge in [-0.1, -0.05) is 54.7 Å². The van der Waals surface area contributed by atoms with Crippen LogP contribution in [0, 0.1) is 35.5 Å². The first-order valence-electron chi connectivity index (χ1n) is 24.2. The molecule has 2 aliphatic heterocycles. The quantitative estimate of drug-likeness (QED) is 0.0205. The molecule has 7 N–H and O–H groups in total. The zero-order chi connectivity index (χ0) is 53.9. The molecule has 75 heavy (non-hydrogen) atoms. The Hall–Kier alpha value is -6.47. The lowest BCUT2D eigenvalue weighted by Crippen LogP contribution is -2.46. The highest BCUT2D eigenvalue weighted by molar-refractivity contribution is 6.28. The summed E-state index contributed by atoms with van der Waals surface area (Å²) in [4.78, 5) is 117. The van der Waals surface area contributed by atoms with E-state index < -0.39 is 41.8 Å². The summed E-state index contributed by atoms with van der Waals surface area (Å²) in [6, 6.07) is 12.7. The Morgan fingerprint density at radius 1 is 0.653 bits per heavy atom. The number of hydrogen-bond acceptors (Lipinski definition) is 12. The van der Waals surface area contributed by atoms with Crippen LogP contribution in [0.2, 0.25) is 0 Å². The number of ketones is 3. The highest BCUT2D eigenvalue weighted by Crippen LogP contribution is 2.30. The molecular weight excluding hydrogens is 1010 g/mol. The number of benzene rings is 2. The molecule has 2 aliphatic rings. The van der Waals surface area contributed by atoms with E-state index in [4.69, 9.17) is 42.5 Å². The van der Waals surface area contributed by atoms with Gasteiger partial charge in [-0.3, -0.25) is 38.4 Å². The molecule has 0 saturated carbocycles. The Morgan fingerprint density at radius 2 is 1.05 bits per heavy atom. The SMILES string of the molecule is C.C.COC(=O)[C@H](C[C@@H]1CCNC1=O)NC(=O)[C@@H](CC(=O)c1cc2c(OC)cccc2[nH]1)CC(C)C.COc1cccc2[nH]c(C(=O)C[C@@H](CC(C)C)C(=O)N[C@@H](C[C@@H]3CCNC3=O)C(=O)CCl)cc12.O=C(O)CCl. The zero-order valence-electron chi connectivity index (χ0n) is 42.3. The number of aromatic nitrogens is 2. The molecule has 4 amide bonds. The van der Waals surface area contributed by atoms with E-state index in [1.165, 1.54) is 7.11 Å². The number of amides is 4. The molecule has 4 aromatic rings. The van der Waals surface area contributed by atoms with Crippen LogP contribution >= 0.6 is 23.2 Å². The Balaban J connectivity index is 0.000000459. The fourth-order valence-electron chi connectivity index (χ4n) is 8.89. The molecule has 0 spiro atoms. The second kappa shape index (κ2) is 31.4. The maximum Gasteiger partial charge on any atom is 0.328 e. The van der Waals surface area contributed by atoms with Gasteiger partial charge in [0, 0.05) is 71.4 Å². The van der Waals surface area contributed by atoms with E-state index in [0.717, 1.165) is 21.8 Å². The number of carbonyl (C=O) groups excluding carboxylic acids is 8. The van der Waals surface area contributed by atoms with Crippen LogP contribution in [0.3, 0.4) is 0 Å². The number of Topliss-reactive ketones (excluding diaryl/α,β-unsaturated/α-hetero) is 3.